The zero-order valence-corrected chi connectivity index (χ0v) is 14.3. The van der Waals surface area contributed by atoms with Crippen LogP contribution in [-0.2, 0) is 6.61 Å². The molecule has 6 nitrogen and oxygen atoms in total. The Balaban J connectivity index is 2.13. The number of hydrogen-bond acceptors (Lipinski definition) is 6. The molecule has 0 aliphatic rings. The number of hydrogen-bond donors (Lipinski definition) is 1. The number of methoxy groups -OCH3 is 1. The summed E-state index contributed by atoms with van der Waals surface area (Å²) in [5.41, 5.74) is 8.76. The van der Waals surface area contributed by atoms with Gasteiger partial charge in [-0.3, -0.25) is 4.79 Å². The van der Waals surface area contributed by atoms with Crippen molar-refractivity contribution in [1.82, 2.24) is 9.88 Å². The number of likely N-dealkylation sites (N-methyl/N-ethyl adjacent to an activating group) is 1. The zero-order valence-electron chi connectivity index (χ0n) is 13.5. The van der Waals surface area contributed by atoms with Crippen molar-refractivity contribution < 1.29 is 14.3 Å². The predicted molar refractivity (Wildman–Crippen MR) is 90.0 cm³/mol. The number of ether oxygens (including phenoxy) is 2. The van der Waals surface area contributed by atoms with Crippen molar-refractivity contribution >= 4 is 17.2 Å². The summed E-state index contributed by atoms with van der Waals surface area (Å²) in [6.45, 7) is 2.67. The molecule has 2 N–H and O–H groups in total. The highest BCUT2D eigenvalue weighted by atomic mass is 32.1. The van der Waals surface area contributed by atoms with Crippen LogP contribution in [0.2, 0.25) is 0 Å². The van der Waals surface area contributed by atoms with Gasteiger partial charge in [0.25, 0.3) is 5.91 Å². The minimum atomic E-state index is -0.104. The third kappa shape index (κ3) is 4.20. The van der Waals surface area contributed by atoms with Crippen LogP contribution in [0.25, 0.3) is 0 Å². The molecule has 1 aromatic carbocycles. The van der Waals surface area contributed by atoms with Crippen LogP contribution in [-0.4, -0.2) is 42.5 Å². The molecule has 0 spiro atoms. The van der Waals surface area contributed by atoms with Gasteiger partial charge >= 0.3 is 0 Å². The van der Waals surface area contributed by atoms with E-state index in [1.807, 2.05) is 12.3 Å². The van der Waals surface area contributed by atoms with E-state index in [0.717, 1.165) is 5.69 Å². The lowest BCUT2D eigenvalue weighted by atomic mass is 10.1. The Morgan fingerprint density at radius 2 is 2.22 bits per heavy atom. The van der Waals surface area contributed by atoms with Crippen molar-refractivity contribution in [2.45, 2.75) is 19.6 Å². The third-order valence-electron chi connectivity index (χ3n) is 3.59. The Morgan fingerprint density at radius 1 is 1.43 bits per heavy atom. The first-order valence-corrected chi connectivity index (χ1v) is 8.16. The standard InChI is InChI=1S/C16H21N3O3S/c1-11(7-17)19(2)16(20)12-4-5-14(15(6-12)21-3)22-8-13-9-23-10-18-13/h4-6,9-11H,7-8,17H2,1-3H3. The van der Waals surface area contributed by atoms with Gasteiger partial charge in [-0.15, -0.1) is 11.3 Å². The monoisotopic (exact) mass is 335 g/mol. The largest absolute Gasteiger partial charge is 0.493 e. The second kappa shape index (κ2) is 7.94. The summed E-state index contributed by atoms with van der Waals surface area (Å²) in [5.74, 6) is 0.985. The third-order valence-corrected chi connectivity index (χ3v) is 4.23. The van der Waals surface area contributed by atoms with E-state index >= 15 is 0 Å². The maximum atomic E-state index is 12.4. The van der Waals surface area contributed by atoms with E-state index < -0.39 is 0 Å². The second-order valence-corrected chi connectivity index (χ2v) is 5.85. The Kier molecular flexibility index (Phi) is 5.95. The van der Waals surface area contributed by atoms with Crippen LogP contribution < -0.4 is 15.2 Å². The average Bonchev–Trinajstić information content (AvgIpc) is 3.11. The van der Waals surface area contributed by atoms with Crippen molar-refractivity contribution in [3.63, 3.8) is 0 Å². The van der Waals surface area contributed by atoms with Gasteiger partial charge in [0.2, 0.25) is 0 Å². The quantitative estimate of drug-likeness (QED) is 0.839. The van der Waals surface area contributed by atoms with Crippen LogP contribution in [0.3, 0.4) is 0 Å². The van der Waals surface area contributed by atoms with Crippen molar-refractivity contribution in [1.29, 1.82) is 0 Å². The number of carbonyl (C=O) groups is 1. The van der Waals surface area contributed by atoms with Gasteiger partial charge in [0.15, 0.2) is 11.5 Å². The van der Waals surface area contributed by atoms with Gasteiger partial charge in [-0.25, -0.2) is 4.98 Å². The lowest BCUT2D eigenvalue weighted by molar-refractivity contribution is 0.0748. The van der Waals surface area contributed by atoms with Crippen molar-refractivity contribution in [2.75, 3.05) is 20.7 Å². The highest BCUT2D eigenvalue weighted by Crippen LogP contribution is 2.29. The highest BCUT2D eigenvalue weighted by molar-refractivity contribution is 7.07. The second-order valence-electron chi connectivity index (χ2n) is 5.13. The maximum Gasteiger partial charge on any atom is 0.254 e. The molecule has 1 aromatic heterocycles. The van der Waals surface area contributed by atoms with Crippen LogP contribution in [0.4, 0.5) is 0 Å². The van der Waals surface area contributed by atoms with Gasteiger partial charge in [-0.2, -0.15) is 0 Å². The molecule has 0 radical (unpaired) electrons. The summed E-state index contributed by atoms with van der Waals surface area (Å²) in [4.78, 5) is 18.2. The summed E-state index contributed by atoms with van der Waals surface area (Å²) in [6.07, 6.45) is 0. The van der Waals surface area contributed by atoms with E-state index in [-0.39, 0.29) is 11.9 Å². The van der Waals surface area contributed by atoms with Gasteiger partial charge in [0.05, 0.1) is 18.3 Å². The number of amides is 1. The van der Waals surface area contributed by atoms with E-state index in [0.29, 0.717) is 30.2 Å². The molecule has 0 bridgehead atoms. The molecular weight excluding hydrogens is 314 g/mol. The number of carbonyl (C=O) groups excluding carboxylic acids is 1. The summed E-state index contributed by atoms with van der Waals surface area (Å²) >= 11 is 1.52. The summed E-state index contributed by atoms with van der Waals surface area (Å²) in [5, 5.41) is 1.92. The number of nitrogens with two attached hydrogens (primary N) is 1. The van der Waals surface area contributed by atoms with Gasteiger partial charge in [-0.05, 0) is 25.1 Å². The first kappa shape index (κ1) is 17.2. The van der Waals surface area contributed by atoms with E-state index in [4.69, 9.17) is 15.2 Å². The van der Waals surface area contributed by atoms with Crippen molar-refractivity contribution in [3.05, 3.63) is 40.3 Å². The number of nitrogens with zero attached hydrogens (tertiary/aromatic N) is 2. The SMILES string of the molecule is COc1cc(C(=O)N(C)C(C)CN)ccc1OCc1cscn1. The normalized spacial score (nSPS) is 11.8. The van der Waals surface area contributed by atoms with Crippen molar-refractivity contribution in [2.24, 2.45) is 5.73 Å². The molecule has 7 heteroatoms. The summed E-state index contributed by atoms with van der Waals surface area (Å²) in [7, 11) is 3.28. The van der Waals surface area contributed by atoms with Gasteiger partial charge < -0.3 is 20.1 Å². The first-order chi connectivity index (χ1) is 11.1. The fourth-order valence-electron chi connectivity index (χ4n) is 1.94. The number of aromatic nitrogens is 1. The molecule has 1 amide bonds. The fourth-order valence-corrected chi connectivity index (χ4v) is 2.49. The summed E-state index contributed by atoms with van der Waals surface area (Å²) in [6, 6.07) is 5.10. The molecule has 1 heterocycles. The Labute approximate surface area is 139 Å². The van der Waals surface area contributed by atoms with Gasteiger partial charge in [0.1, 0.15) is 6.61 Å². The Bertz CT molecular complexity index is 646. The van der Waals surface area contributed by atoms with Crippen LogP contribution >= 0.6 is 11.3 Å². The van der Waals surface area contributed by atoms with Crippen molar-refractivity contribution in [3.8, 4) is 11.5 Å². The molecule has 23 heavy (non-hydrogen) atoms. The minimum Gasteiger partial charge on any atom is -0.493 e. The van der Waals surface area contributed by atoms with Crippen LogP contribution in [0.15, 0.2) is 29.1 Å². The topological polar surface area (TPSA) is 77.7 Å². The van der Waals surface area contributed by atoms with E-state index in [2.05, 4.69) is 4.98 Å². The zero-order chi connectivity index (χ0) is 16.8. The Morgan fingerprint density at radius 3 is 2.83 bits per heavy atom. The molecule has 2 rings (SSSR count). The van der Waals surface area contributed by atoms with Gasteiger partial charge in [0, 0.05) is 30.6 Å². The lowest BCUT2D eigenvalue weighted by Crippen LogP contribution is -2.39. The molecule has 0 saturated carbocycles. The molecule has 0 fully saturated rings. The number of benzene rings is 1. The highest BCUT2D eigenvalue weighted by Gasteiger charge is 2.18. The van der Waals surface area contributed by atoms with Crippen LogP contribution in [0, 0.1) is 0 Å². The van der Waals surface area contributed by atoms with E-state index in [9.17, 15) is 4.79 Å². The summed E-state index contributed by atoms with van der Waals surface area (Å²) < 4.78 is 11.0. The lowest BCUT2D eigenvalue weighted by Gasteiger charge is -2.24. The molecule has 1 atom stereocenters. The molecule has 2 aromatic rings. The Hall–Kier alpha value is -2.12. The average molecular weight is 335 g/mol. The van der Waals surface area contributed by atoms with Crippen LogP contribution in [0.1, 0.15) is 23.0 Å². The van der Waals surface area contributed by atoms with E-state index in [1.165, 1.54) is 11.3 Å². The number of rotatable bonds is 7. The number of thiazole rings is 1. The molecule has 124 valence electrons. The molecular formula is C16H21N3O3S. The smallest absolute Gasteiger partial charge is 0.254 e. The van der Waals surface area contributed by atoms with Gasteiger partial charge in [-0.1, -0.05) is 0 Å². The predicted octanol–water partition coefficient (Wildman–Crippen LogP) is 2.15. The van der Waals surface area contributed by atoms with Crippen LogP contribution in [0.5, 0.6) is 11.5 Å². The van der Waals surface area contributed by atoms with E-state index in [1.54, 1.807) is 42.8 Å². The maximum absolute atomic E-state index is 12.4. The molecule has 0 aliphatic heterocycles. The molecule has 0 saturated heterocycles. The fraction of sp³-hybridized carbons (Fsp3) is 0.375. The molecule has 0 aliphatic carbocycles. The molecule has 1 unspecified atom stereocenters. The first-order valence-electron chi connectivity index (χ1n) is 7.22. The minimum absolute atomic E-state index is 0.0333.